The van der Waals surface area contributed by atoms with Gasteiger partial charge in [-0.05, 0) is 12.0 Å². The maximum atomic E-state index is 10.7. The van der Waals surface area contributed by atoms with E-state index in [0.29, 0.717) is 5.92 Å². The number of aromatic nitrogens is 2. The van der Waals surface area contributed by atoms with Gasteiger partial charge in [0.05, 0.1) is 7.11 Å². The highest BCUT2D eigenvalue weighted by Crippen LogP contribution is 2.12. The Labute approximate surface area is 82.6 Å². The zero-order chi connectivity index (χ0) is 10.6. The average Bonchev–Trinajstić information content (AvgIpc) is 2.62. The van der Waals surface area contributed by atoms with Crippen molar-refractivity contribution in [2.45, 2.75) is 26.5 Å². The van der Waals surface area contributed by atoms with Crippen molar-refractivity contribution < 1.29 is 14.3 Å². The van der Waals surface area contributed by atoms with E-state index in [1.54, 1.807) is 10.9 Å². The summed E-state index contributed by atoms with van der Waals surface area (Å²) < 4.78 is 10.7. The van der Waals surface area contributed by atoms with Crippen molar-refractivity contribution in [1.29, 1.82) is 0 Å². The minimum atomic E-state index is -0.699. The summed E-state index contributed by atoms with van der Waals surface area (Å²) in [6.45, 7) is 4.19. The number of ether oxygens (including phenoxy) is 2. The second-order valence-corrected chi connectivity index (χ2v) is 3.14. The first kappa shape index (κ1) is 10.6. The second kappa shape index (κ2) is 4.64. The summed E-state index contributed by atoms with van der Waals surface area (Å²) >= 11 is 0. The molecule has 0 saturated heterocycles. The van der Waals surface area contributed by atoms with E-state index in [2.05, 4.69) is 9.84 Å². The van der Waals surface area contributed by atoms with Gasteiger partial charge in [-0.15, -0.1) is 0 Å². The van der Waals surface area contributed by atoms with Gasteiger partial charge in [-0.25, -0.2) is 9.48 Å². The standard InChI is InChI=1S/C9H14N2O3/c1-7(2)8-4-5-10-11(8)6-14-9(12)13-3/h4-5,7H,6H2,1-3H3. The molecule has 14 heavy (non-hydrogen) atoms. The smallest absolute Gasteiger partial charge is 0.438 e. The molecule has 0 aliphatic heterocycles. The molecule has 5 nitrogen and oxygen atoms in total. The van der Waals surface area contributed by atoms with Crippen LogP contribution in [0, 0.1) is 0 Å². The zero-order valence-corrected chi connectivity index (χ0v) is 8.56. The van der Waals surface area contributed by atoms with Crippen LogP contribution in [-0.4, -0.2) is 23.0 Å². The van der Waals surface area contributed by atoms with Crippen LogP contribution in [0.4, 0.5) is 4.79 Å². The maximum Gasteiger partial charge on any atom is 0.509 e. The molecule has 0 atom stereocenters. The fourth-order valence-electron chi connectivity index (χ4n) is 1.11. The van der Waals surface area contributed by atoms with Gasteiger partial charge in [0, 0.05) is 11.9 Å². The lowest BCUT2D eigenvalue weighted by Gasteiger charge is -2.09. The largest absolute Gasteiger partial charge is 0.509 e. The Morgan fingerprint density at radius 2 is 2.36 bits per heavy atom. The second-order valence-electron chi connectivity index (χ2n) is 3.14. The van der Waals surface area contributed by atoms with Crippen molar-refractivity contribution in [3.8, 4) is 0 Å². The molecule has 0 bridgehead atoms. The molecule has 0 saturated carbocycles. The minimum absolute atomic E-state index is 0.0905. The Bertz CT molecular complexity index is 307. The number of methoxy groups -OCH3 is 1. The summed E-state index contributed by atoms with van der Waals surface area (Å²) in [4.78, 5) is 10.7. The third-order valence-electron chi connectivity index (χ3n) is 1.81. The molecular weight excluding hydrogens is 184 g/mol. The van der Waals surface area contributed by atoms with Crippen LogP contribution in [0.2, 0.25) is 0 Å². The van der Waals surface area contributed by atoms with Crippen LogP contribution in [0.1, 0.15) is 25.5 Å². The molecule has 1 rings (SSSR count). The van der Waals surface area contributed by atoms with Gasteiger partial charge in [-0.2, -0.15) is 5.10 Å². The van der Waals surface area contributed by atoms with Gasteiger partial charge in [-0.1, -0.05) is 13.8 Å². The first-order chi connectivity index (χ1) is 6.65. The predicted molar refractivity (Wildman–Crippen MR) is 49.8 cm³/mol. The topological polar surface area (TPSA) is 53.4 Å². The van der Waals surface area contributed by atoms with E-state index >= 15 is 0 Å². The summed E-state index contributed by atoms with van der Waals surface area (Å²) in [5.41, 5.74) is 1.02. The van der Waals surface area contributed by atoms with E-state index in [1.807, 2.05) is 19.9 Å². The molecule has 0 N–H and O–H groups in total. The van der Waals surface area contributed by atoms with E-state index in [9.17, 15) is 4.79 Å². The molecule has 78 valence electrons. The lowest BCUT2D eigenvalue weighted by molar-refractivity contribution is 0.0437. The average molecular weight is 198 g/mol. The Morgan fingerprint density at radius 3 is 2.93 bits per heavy atom. The molecule has 1 heterocycles. The summed E-state index contributed by atoms with van der Waals surface area (Å²) in [5.74, 6) is 0.346. The van der Waals surface area contributed by atoms with Crippen LogP contribution in [0.15, 0.2) is 12.3 Å². The Morgan fingerprint density at radius 1 is 1.64 bits per heavy atom. The van der Waals surface area contributed by atoms with Crippen LogP contribution in [-0.2, 0) is 16.2 Å². The molecule has 0 spiro atoms. The Kier molecular flexibility index (Phi) is 3.50. The molecule has 0 unspecified atom stereocenters. The molecule has 0 aliphatic rings. The van der Waals surface area contributed by atoms with E-state index in [-0.39, 0.29) is 6.73 Å². The summed E-state index contributed by atoms with van der Waals surface area (Å²) in [6, 6.07) is 1.89. The lowest BCUT2D eigenvalue weighted by atomic mass is 10.1. The normalized spacial score (nSPS) is 10.3. The first-order valence-corrected chi connectivity index (χ1v) is 4.37. The van der Waals surface area contributed by atoms with Gasteiger partial charge < -0.3 is 9.47 Å². The van der Waals surface area contributed by atoms with Crippen LogP contribution in [0.5, 0.6) is 0 Å². The fourth-order valence-corrected chi connectivity index (χ4v) is 1.11. The number of carbonyl (C=O) groups excluding carboxylic acids is 1. The third kappa shape index (κ3) is 2.48. The SMILES string of the molecule is COC(=O)OCn1nccc1C(C)C. The third-order valence-corrected chi connectivity index (χ3v) is 1.81. The van der Waals surface area contributed by atoms with Gasteiger partial charge in [-0.3, -0.25) is 0 Å². The molecule has 5 heteroatoms. The van der Waals surface area contributed by atoms with Crippen LogP contribution in [0.25, 0.3) is 0 Å². The van der Waals surface area contributed by atoms with Gasteiger partial charge >= 0.3 is 6.16 Å². The van der Waals surface area contributed by atoms with Gasteiger partial charge in [0.25, 0.3) is 0 Å². The summed E-state index contributed by atoms with van der Waals surface area (Å²) in [7, 11) is 1.27. The predicted octanol–water partition coefficient (Wildman–Crippen LogP) is 1.75. The van der Waals surface area contributed by atoms with Crippen molar-refractivity contribution in [3.63, 3.8) is 0 Å². The Hall–Kier alpha value is -1.52. The molecule has 0 amide bonds. The van der Waals surface area contributed by atoms with Crippen LogP contribution >= 0.6 is 0 Å². The van der Waals surface area contributed by atoms with Crippen molar-refractivity contribution in [3.05, 3.63) is 18.0 Å². The number of hydrogen-bond donors (Lipinski definition) is 0. The van der Waals surface area contributed by atoms with E-state index < -0.39 is 6.16 Å². The van der Waals surface area contributed by atoms with Gasteiger partial charge in [0.1, 0.15) is 0 Å². The monoisotopic (exact) mass is 198 g/mol. The first-order valence-electron chi connectivity index (χ1n) is 4.37. The number of rotatable bonds is 3. The van der Waals surface area contributed by atoms with Crippen molar-refractivity contribution >= 4 is 6.16 Å². The van der Waals surface area contributed by atoms with Gasteiger partial charge in [0.15, 0.2) is 6.73 Å². The van der Waals surface area contributed by atoms with E-state index in [1.165, 1.54) is 7.11 Å². The molecule has 1 aromatic heterocycles. The molecule has 1 aromatic rings. The molecule has 0 fully saturated rings. The molecule has 0 radical (unpaired) electrons. The quantitative estimate of drug-likeness (QED) is 0.694. The number of hydrogen-bond acceptors (Lipinski definition) is 4. The van der Waals surface area contributed by atoms with Crippen molar-refractivity contribution in [1.82, 2.24) is 9.78 Å². The lowest BCUT2D eigenvalue weighted by Crippen LogP contribution is -2.13. The summed E-state index contributed by atoms with van der Waals surface area (Å²) in [5, 5.41) is 4.03. The highest BCUT2D eigenvalue weighted by Gasteiger charge is 2.08. The van der Waals surface area contributed by atoms with Crippen molar-refractivity contribution in [2.75, 3.05) is 7.11 Å². The Balaban J connectivity index is 2.58. The van der Waals surface area contributed by atoms with Crippen molar-refractivity contribution in [2.24, 2.45) is 0 Å². The fraction of sp³-hybridized carbons (Fsp3) is 0.556. The number of carbonyl (C=O) groups is 1. The number of nitrogens with zero attached hydrogens (tertiary/aromatic N) is 2. The highest BCUT2D eigenvalue weighted by molar-refractivity contribution is 5.59. The maximum absolute atomic E-state index is 10.7. The molecular formula is C9H14N2O3. The molecule has 0 aliphatic carbocycles. The highest BCUT2D eigenvalue weighted by atomic mass is 16.7. The van der Waals surface area contributed by atoms with Crippen LogP contribution in [0.3, 0.4) is 0 Å². The summed E-state index contributed by atoms with van der Waals surface area (Å²) in [6.07, 6.45) is 0.978. The van der Waals surface area contributed by atoms with Gasteiger partial charge in [0.2, 0.25) is 0 Å². The van der Waals surface area contributed by atoms with Crippen LogP contribution < -0.4 is 0 Å². The van der Waals surface area contributed by atoms with E-state index in [0.717, 1.165) is 5.69 Å². The van der Waals surface area contributed by atoms with E-state index in [4.69, 9.17) is 4.74 Å². The minimum Gasteiger partial charge on any atom is -0.438 e. The zero-order valence-electron chi connectivity index (χ0n) is 8.56. The molecule has 0 aromatic carbocycles.